The Kier molecular flexibility index (Phi) is 4.02. The molecule has 1 heterocycles. The molecule has 4 heteroatoms. The Labute approximate surface area is 113 Å². The Hall–Kier alpha value is -1.26. The predicted octanol–water partition coefficient (Wildman–Crippen LogP) is 2.51. The first kappa shape index (κ1) is 14.2. The third kappa shape index (κ3) is 3.39. The minimum atomic E-state index is -0.322. The molecule has 0 spiro atoms. The molecular weight excluding hydrogens is 245 g/mol. The van der Waals surface area contributed by atoms with E-state index in [-0.39, 0.29) is 23.2 Å². The fourth-order valence-corrected chi connectivity index (χ4v) is 2.40. The lowest BCUT2D eigenvalue weighted by Crippen LogP contribution is -2.53. The van der Waals surface area contributed by atoms with Crippen molar-refractivity contribution in [2.45, 2.75) is 32.4 Å². The van der Waals surface area contributed by atoms with Crippen molar-refractivity contribution in [1.82, 2.24) is 4.90 Å². The van der Waals surface area contributed by atoms with Gasteiger partial charge in [0.1, 0.15) is 5.82 Å². The van der Waals surface area contributed by atoms with Crippen LogP contribution in [-0.2, 0) is 4.74 Å². The van der Waals surface area contributed by atoms with Gasteiger partial charge < -0.3 is 4.74 Å². The molecule has 3 nitrogen and oxygen atoms in total. The average molecular weight is 265 g/mol. The summed E-state index contributed by atoms with van der Waals surface area (Å²) in [6.07, 6.45) is 0. The second-order valence-electron chi connectivity index (χ2n) is 5.63. The lowest BCUT2D eigenvalue weighted by Gasteiger charge is -2.40. The second-order valence-corrected chi connectivity index (χ2v) is 5.63. The standard InChI is InChI=1S/C15H20FNO2/c1-11(17-8-9-19-15(2,3)10-17)14(18)12-4-6-13(16)7-5-12/h4-7,11H,8-10H2,1-3H3. The normalized spacial score (nSPS) is 21.1. The van der Waals surface area contributed by atoms with Gasteiger partial charge in [0, 0.05) is 18.7 Å². The highest BCUT2D eigenvalue weighted by atomic mass is 19.1. The van der Waals surface area contributed by atoms with Crippen molar-refractivity contribution in [2.24, 2.45) is 0 Å². The fraction of sp³-hybridized carbons (Fsp3) is 0.533. The minimum absolute atomic E-state index is 0.0256. The van der Waals surface area contributed by atoms with Crippen LogP contribution in [0.1, 0.15) is 31.1 Å². The summed E-state index contributed by atoms with van der Waals surface area (Å²) in [6, 6.07) is 5.51. The number of hydrogen-bond acceptors (Lipinski definition) is 3. The van der Waals surface area contributed by atoms with Crippen LogP contribution in [-0.4, -0.2) is 42.0 Å². The van der Waals surface area contributed by atoms with Crippen LogP contribution in [0.5, 0.6) is 0 Å². The van der Waals surface area contributed by atoms with Crippen LogP contribution in [0.15, 0.2) is 24.3 Å². The average Bonchev–Trinajstić information content (AvgIpc) is 2.37. The Morgan fingerprint density at radius 1 is 1.37 bits per heavy atom. The van der Waals surface area contributed by atoms with Crippen LogP contribution < -0.4 is 0 Å². The summed E-state index contributed by atoms with van der Waals surface area (Å²) in [7, 11) is 0. The molecule has 0 radical (unpaired) electrons. The highest BCUT2D eigenvalue weighted by Crippen LogP contribution is 2.20. The monoisotopic (exact) mass is 265 g/mol. The summed E-state index contributed by atoms with van der Waals surface area (Å²) in [4.78, 5) is 14.5. The highest BCUT2D eigenvalue weighted by molar-refractivity contribution is 5.99. The van der Waals surface area contributed by atoms with Crippen LogP contribution in [0.2, 0.25) is 0 Å². The number of morpholine rings is 1. The lowest BCUT2D eigenvalue weighted by atomic mass is 10.0. The molecule has 2 rings (SSSR count). The Balaban J connectivity index is 2.08. The first-order chi connectivity index (χ1) is 8.89. The Bertz CT molecular complexity index is 456. The first-order valence-electron chi connectivity index (χ1n) is 6.57. The largest absolute Gasteiger partial charge is 0.373 e. The summed E-state index contributed by atoms with van der Waals surface area (Å²) >= 11 is 0. The molecule has 19 heavy (non-hydrogen) atoms. The third-order valence-electron chi connectivity index (χ3n) is 3.51. The quantitative estimate of drug-likeness (QED) is 0.786. The van der Waals surface area contributed by atoms with E-state index in [0.29, 0.717) is 12.2 Å². The zero-order chi connectivity index (χ0) is 14.0. The second kappa shape index (κ2) is 5.39. The van der Waals surface area contributed by atoms with E-state index in [1.54, 1.807) is 12.1 Å². The van der Waals surface area contributed by atoms with Gasteiger partial charge in [0.05, 0.1) is 18.2 Å². The first-order valence-corrected chi connectivity index (χ1v) is 6.57. The number of hydrogen-bond donors (Lipinski definition) is 0. The zero-order valence-corrected chi connectivity index (χ0v) is 11.6. The summed E-state index contributed by atoms with van der Waals surface area (Å²) in [6.45, 7) is 8.04. The van der Waals surface area contributed by atoms with Crippen LogP contribution in [0.4, 0.5) is 4.39 Å². The molecule has 1 aromatic carbocycles. The van der Waals surface area contributed by atoms with Crippen LogP contribution in [0.25, 0.3) is 0 Å². The molecule has 1 aromatic rings. The number of carbonyl (C=O) groups excluding carboxylic acids is 1. The number of Topliss-reactive ketones (excluding diaryl/α,β-unsaturated/α-hetero) is 1. The number of halogens is 1. The molecule has 1 aliphatic heterocycles. The summed E-state index contributed by atoms with van der Waals surface area (Å²) in [5.74, 6) is -0.297. The van der Waals surface area contributed by atoms with E-state index in [9.17, 15) is 9.18 Å². The number of benzene rings is 1. The molecule has 1 atom stereocenters. The van der Waals surface area contributed by atoms with Gasteiger partial charge in [0.2, 0.25) is 0 Å². The zero-order valence-electron chi connectivity index (χ0n) is 11.6. The van der Waals surface area contributed by atoms with Gasteiger partial charge in [0.15, 0.2) is 5.78 Å². The van der Waals surface area contributed by atoms with Gasteiger partial charge in [0.25, 0.3) is 0 Å². The molecule has 104 valence electrons. The number of rotatable bonds is 3. The van der Waals surface area contributed by atoms with Crippen molar-refractivity contribution in [3.05, 3.63) is 35.6 Å². The number of ketones is 1. The maximum absolute atomic E-state index is 12.9. The summed E-state index contributed by atoms with van der Waals surface area (Å²) in [5, 5.41) is 0. The maximum atomic E-state index is 12.9. The smallest absolute Gasteiger partial charge is 0.179 e. The van der Waals surface area contributed by atoms with Gasteiger partial charge in [-0.3, -0.25) is 9.69 Å². The molecule has 0 saturated carbocycles. The van der Waals surface area contributed by atoms with Crippen molar-refractivity contribution in [3.63, 3.8) is 0 Å². The molecule has 1 unspecified atom stereocenters. The predicted molar refractivity (Wildman–Crippen MR) is 71.8 cm³/mol. The van der Waals surface area contributed by atoms with Crippen LogP contribution in [0, 0.1) is 5.82 Å². The molecule has 0 bridgehead atoms. The van der Waals surface area contributed by atoms with Gasteiger partial charge in [-0.1, -0.05) is 0 Å². The number of nitrogens with zero attached hydrogens (tertiary/aromatic N) is 1. The summed E-state index contributed by atoms with van der Waals surface area (Å²) in [5.41, 5.74) is 0.327. The van der Waals surface area contributed by atoms with Crippen molar-refractivity contribution in [3.8, 4) is 0 Å². The van der Waals surface area contributed by atoms with Crippen molar-refractivity contribution >= 4 is 5.78 Å². The van der Waals surface area contributed by atoms with E-state index >= 15 is 0 Å². The molecule has 0 aromatic heterocycles. The van der Waals surface area contributed by atoms with E-state index < -0.39 is 0 Å². The Morgan fingerprint density at radius 2 is 2.00 bits per heavy atom. The van der Waals surface area contributed by atoms with Crippen molar-refractivity contribution in [2.75, 3.05) is 19.7 Å². The van der Waals surface area contributed by atoms with Gasteiger partial charge in [-0.25, -0.2) is 4.39 Å². The van der Waals surface area contributed by atoms with Gasteiger partial charge in [-0.05, 0) is 45.0 Å². The maximum Gasteiger partial charge on any atom is 0.179 e. The van der Waals surface area contributed by atoms with Gasteiger partial charge >= 0.3 is 0 Å². The van der Waals surface area contributed by atoms with E-state index in [0.717, 1.165) is 13.1 Å². The summed E-state index contributed by atoms with van der Waals surface area (Å²) < 4.78 is 18.5. The topological polar surface area (TPSA) is 29.5 Å². The molecule has 0 aliphatic carbocycles. The SMILES string of the molecule is CC(C(=O)c1ccc(F)cc1)N1CCOC(C)(C)C1. The molecule has 1 aliphatic rings. The van der Waals surface area contributed by atoms with Gasteiger partial charge in [-0.2, -0.15) is 0 Å². The lowest BCUT2D eigenvalue weighted by molar-refractivity contribution is -0.0915. The Morgan fingerprint density at radius 3 is 2.58 bits per heavy atom. The number of carbonyl (C=O) groups is 1. The molecule has 0 amide bonds. The highest BCUT2D eigenvalue weighted by Gasteiger charge is 2.32. The van der Waals surface area contributed by atoms with E-state index in [4.69, 9.17) is 4.74 Å². The minimum Gasteiger partial charge on any atom is -0.373 e. The van der Waals surface area contributed by atoms with Crippen molar-refractivity contribution < 1.29 is 13.9 Å². The molecule has 1 saturated heterocycles. The number of ether oxygens (including phenoxy) is 1. The fourth-order valence-electron chi connectivity index (χ4n) is 2.40. The molecular formula is C15H20FNO2. The van der Waals surface area contributed by atoms with Crippen molar-refractivity contribution in [1.29, 1.82) is 0 Å². The van der Waals surface area contributed by atoms with E-state index in [1.807, 2.05) is 20.8 Å². The van der Waals surface area contributed by atoms with E-state index in [1.165, 1.54) is 12.1 Å². The molecule has 1 fully saturated rings. The van der Waals surface area contributed by atoms with Crippen LogP contribution in [0.3, 0.4) is 0 Å². The van der Waals surface area contributed by atoms with E-state index in [2.05, 4.69) is 4.90 Å². The van der Waals surface area contributed by atoms with Gasteiger partial charge in [-0.15, -0.1) is 0 Å². The third-order valence-corrected chi connectivity index (χ3v) is 3.51. The van der Waals surface area contributed by atoms with Crippen LogP contribution >= 0.6 is 0 Å². The molecule has 0 N–H and O–H groups in total.